The predicted molar refractivity (Wildman–Crippen MR) is 110 cm³/mol. The predicted octanol–water partition coefficient (Wildman–Crippen LogP) is 3.50. The van der Waals surface area contributed by atoms with E-state index < -0.39 is 38.4 Å². The molecule has 3 rings (SSSR count). The van der Waals surface area contributed by atoms with Crippen molar-refractivity contribution in [3.8, 4) is 0 Å². The molecule has 1 saturated carbocycles. The first kappa shape index (κ1) is 21.5. The van der Waals surface area contributed by atoms with Crippen molar-refractivity contribution in [3.63, 3.8) is 0 Å². The Hall–Kier alpha value is -2.19. The first-order valence-electron chi connectivity index (χ1n) is 9.20. The molecule has 1 aliphatic carbocycles. The van der Waals surface area contributed by atoms with Gasteiger partial charge in [0.2, 0.25) is 0 Å². The number of hydrogen-bond acceptors (Lipinski definition) is 6. The van der Waals surface area contributed by atoms with Gasteiger partial charge < -0.3 is 9.47 Å². The SMILES string of the molecule is CCOC(=O)C1(C(=O)OCC)[C@H](c2ccc(Br)cc2)[C@H]1S(=O)(=O)c1ccccc1. The highest BCUT2D eigenvalue weighted by Gasteiger charge is 2.81. The second-order valence-electron chi connectivity index (χ2n) is 6.62. The molecule has 2 atom stereocenters. The van der Waals surface area contributed by atoms with Crippen LogP contribution < -0.4 is 0 Å². The topological polar surface area (TPSA) is 86.7 Å². The Morgan fingerprint density at radius 1 is 0.931 bits per heavy atom. The maximum Gasteiger partial charge on any atom is 0.325 e. The summed E-state index contributed by atoms with van der Waals surface area (Å²) in [5.74, 6) is -2.66. The van der Waals surface area contributed by atoms with Crippen LogP contribution in [0.1, 0.15) is 25.3 Å². The zero-order valence-electron chi connectivity index (χ0n) is 16.0. The van der Waals surface area contributed by atoms with Crippen LogP contribution in [0.3, 0.4) is 0 Å². The molecule has 2 aromatic carbocycles. The Morgan fingerprint density at radius 3 is 1.93 bits per heavy atom. The zero-order valence-corrected chi connectivity index (χ0v) is 18.4. The second-order valence-corrected chi connectivity index (χ2v) is 9.60. The summed E-state index contributed by atoms with van der Waals surface area (Å²) in [4.78, 5) is 26.0. The van der Waals surface area contributed by atoms with E-state index in [9.17, 15) is 18.0 Å². The number of ether oxygens (including phenoxy) is 2. The molecule has 0 heterocycles. The number of sulfone groups is 1. The van der Waals surface area contributed by atoms with Crippen LogP contribution in [0.25, 0.3) is 0 Å². The summed E-state index contributed by atoms with van der Waals surface area (Å²) in [7, 11) is -4.02. The molecule has 0 bridgehead atoms. The standard InChI is InChI=1S/C21H21BrO6S/c1-3-27-19(23)21(20(24)28-4-2)17(14-10-12-15(22)13-11-14)18(21)29(25,26)16-8-6-5-7-9-16/h5-13,17-18H,3-4H2,1-2H3/t17-,18-/m1/s1. The molecular weight excluding hydrogens is 460 g/mol. The lowest BCUT2D eigenvalue weighted by Gasteiger charge is -2.15. The van der Waals surface area contributed by atoms with Crippen molar-refractivity contribution in [3.05, 3.63) is 64.6 Å². The van der Waals surface area contributed by atoms with Crippen LogP contribution in [0.4, 0.5) is 0 Å². The van der Waals surface area contributed by atoms with E-state index in [0.717, 1.165) is 4.47 Å². The molecule has 2 aromatic rings. The van der Waals surface area contributed by atoms with Gasteiger partial charge in [0.05, 0.1) is 18.1 Å². The van der Waals surface area contributed by atoms with Crippen molar-refractivity contribution in [2.24, 2.45) is 5.41 Å². The summed E-state index contributed by atoms with van der Waals surface area (Å²) < 4.78 is 38.0. The third-order valence-corrected chi connectivity index (χ3v) is 7.76. The van der Waals surface area contributed by atoms with E-state index in [1.165, 1.54) is 12.1 Å². The van der Waals surface area contributed by atoms with Gasteiger partial charge in [-0.3, -0.25) is 9.59 Å². The molecule has 0 N–H and O–H groups in total. The lowest BCUT2D eigenvalue weighted by molar-refractivity contribution is -0.164. The molecule has 1 aliphatic rings. The summed E-state index contributed by atoms with van der Waals surface area (Å²) in [5, 5.41) is -1.31. The first-order valence-corrected chi connectivity index (χ1v) is 11.5. The van der Waals surface area contributed by atoms with Crippen molar-refractivity contribution >= 4 is 37.7 Å². The van der Waals surface area contributed by atoms with Crippen LogP contribution in [-0.4, -0.2) is 38.8 Å². The lowest BCUT2D eigenvalue weighted by atomic mass is 9.99. The highest BCUT2D eigenvalue weighted by molar-refractivity contribution is 9.10. The smallest absolute Gasteiger partial charge is 0.325 e. The molecule has 0 amide bonds. The molecule has 8 heteroatoms. The molecule has 0 saturated heterocycles. The molecule has 6 nitrogen and oxygen atoms in total. The molecule has 29 heavy (non-hydrogen) atoms. The van der Waals surface area contributed by atoms with E-state index in [2.05, 4.69) is 15.9 Å². The summed E-state index contributed by atoms with van der Waals surface area (Å²) in [6, 6.07) is 14.7. The molecule has 0 aliphatic heterocycles. The second kappa shape index (κ2) is 8.28. The molecule has 0 unspecified atom stereocenters. The molecule has 0 aromatic heterocycles. The largest absolute Gasteiger partial charge is 0.465 e. The maximum atomic E-state index is 13.5. The summed E-state index contributed by atoms with van der Waals surface area (Å²) in [5.41, 5.74) is -1.38. The van der Waals surface area contributed by atoms with Crippen molar-refractivity contribution in [1.82, 2.24) is 0 Å². The van der Waals surface area contributed by atoms with Crippen LogP contribution in [0, 0.1) is 5.41 Å². The van der Waals surface area contributed by atoms with Gasteiger partial charge in [-0.2, -0.15) is 0 Å². The third-order valence-electron chi connectivity index (χ3n) is 4.99. The van der Waals surface area contributed by atoms with E-state index >= 15 is 0 Å². The third kappa shape index (κ3) is 3.59. The number of benzene rings is 2. The number of esters is 2. The van der Waals surface area contributed by atoms with Crippen LogP contribution in [0.15, 0.2) is 64.0 Å². The van der Waals surface area contributed by atoms with Gasteiger partial charge in [-0.1, -0.05) is 46.3 Å². The maximum absolute atomic E-state index is 13.5. The zero-order chi connectivity index (χ0) is 21.2. The van der Waals surface area contributed by atoms with E-state index in [0.29, 0.717) is 5.56 Å². The first-order chi connectivity index (χ1) is 13.8. The van der Waals surface area contributed by atoms with Crippen molar-refractivity contribution in [1.29, 1.82) is 0 Å². The van der Waals surface area contributed by atoms with E-state index in [4.69, 9.17) is 9.47 Å². The molecule has 154 valence electrons. The minimum absolute atomic E-state index is 0.0190. The lowest BCUT2D eigenvalue weighted by Crippen LogP contribution is -2.35. The van der Waals surface area contributed by atoms with Gasteiger partial charge in [0.1, 0.15) is 5.25 Å². The Balaban J connectivity index is 2.19. The number of rotatable bonds is 7. The highest BCUT2D eigenvalue weighted by atomic mass is 79.9. The van der Waals surface area contributed by atoms with Gasteiger partial charge in [0.15, 0.2) is 15.3 Å². The van der Waals surface area contributed by atoms with Crippen LogP contribution in [-0.2, 0) is 28.9 Å². The minimum atomic E-state index is -4.02. The Morgan fingerprint density at radius 2 is 1.45 bits per heavy atom. The van der Waals surface area contributed by atoms with Gasteiger partial charge in [-0.25, -0.2) is 8.42 Å². The fourth-order valence-electron chi connectivity index (χ4n) is 3.72. The summed E-state index contributed by atoms with van der Waals surface area (Å²) >= 11 is 3.34. The van der Waals surface area contributed by atoms with Gasteiger partial charge in [-0.15, -0.1) is 0 Å². The normalized spacial score (nSPS) is 20.0. The van der Waals surface area contributed by atoms with Crippen LogP contribution in [0.2, 0.25) is 0 Å². The van der Waals surface area contributed by atoms with E-state index in [1.807, 2.05) is 0 Å². The number of carbonyl (C=O) groups is 2. The van der Waals surface area contributed by atoms with E-state index in [1.54, 1.807) is 56.3 Å². The monoisotopic (exact) mass is 480 g/mol. The van der Waals surface area contributed by atoms with Crippen molar-refractivity contribution in [2.75, 3.05) is 13.2 Å². The van der Waals surface area contributed by atoms with Crippen molar-refractivity contribution in [2.45, 2.75) is 29.9 Å². The minimum Gasteiger partial charge on any atom is -0.465 e. The number of hydrogen-bond donors (Lipinski definition) is 0. The Kier molecular flexibility index (Phi) is 6.14. The molecular formula is C21H21BrO6S. The summed E-state index contributed by atoms with van der Waals surface area (Å²) in [6.07, 6.45) is 0. The average Bonchev–Trinajstić information content (AvgIpc) is 3.42. The van der Waals surface area contributed by atoms with E-state index in [-0.39, 0.29) is 18.1 Å². The number of carbonyl (C=O) groups excluding carboxylic acids is 2. The fourth-order valence-corrected chi connectivity index (χ4v) is 6.29. The van der Waals surface area contributed by atoms with Crippen molar-refractivity contribution < 1.29 is 27.5 Å². The molecule has 1 fully saturated rings. The summed E-state index contributed by atoms with van der Waals surface area (Å²) in [6.45, 7) is 3.25. The Labute approximate surface area is 178 Å². The Bertz CT molecular complexity index is 983. The quantitative estimate of drug-likeness (QED) is 0.445. The highest BCUT2D eigenvalue weighted by Crippen LogP contribution is 2.65. The molecule has 0 spiro atoms. The van der Waals surface area contributed by atoms with Crippen LogP contribution >= 0.6 is 15.9 Å². The number of halogens is 1. The van der Waals surface area contributed by atoms with Gasteiger partial charge in [0, 0.05) is 10.4 Å². The fraction of sp³-hybridized carbons (Fsp3) is 0.333. The average molecular weight is 481 g/mol. The van der Waals surface area contributed by atoms with Gasteiger partial charge >= 0.3 is 11.9 Å². The van der Waals surface area contributed by atoms with Gasteiger partial charge in [-0.05, 0) is 43.7 Å². The van der Waals surface area contributed by atoms with Gasteiger partial charge in [0.25, 0.3) is 0 Å². The van der Waals surface area contributed by atoms with Crippen LogP contribution in [0.5, 0.6) is 0 Å². The molecule has 0 radical (unpaired) electrons.